The minimum Gasteiger partial charge on any atom is -0.490 e. The third-order valence-corrected chi connectivity index (χ3v) is 7.69. The van der Waals surface area contributed by atoms with Crippen molar-refractivity contribution in [2.45, 2.75) is 96.9 Å². The molecular weight excluding hydrogens is 480 g/mol. The topological polar surface area (TPSA) is 94.7 Å². The minimum absolute atomic E-state index is 0.0397. The van der Waals surface area contributed by atoms with Gasteiger partial charge in [0.2, 0.25) is 5.92 Å². The second-order valence-electron chi connectivity index (χ2n) is 10.3. The molecule has 0 radical (unpaired) electrons. The lowest BCUT2D eigenvalue weighted by molar-refractivity contribution is -0.0380. The van der Waals surface area contributed by atoms with Crippen LogP contribution in [-0.4, -0.2) is 40.6 Å². The Kier molecular flexibility index (Phi) is 8.21. The lowest BCUT2D eigenvalue weighted by atomic mass is 9.90. The molecule has 2 aromatic rings. The van der Waals surface area contributed by atoms with Crippen molar-refractivity contribution >= 4 is 11.6 Å². The Bertz CT molecular complexity index is 1180. The Balaban J connectivity index is 1.63. The summed E-state index contributed by atoms with van der Waals surface area (Å²) in [6, 6.07) is 5.29. The van der Waals surface area contributed by atoms with Crippen molar-refractivity contribution in [2.75, 3.05) is 11.4 Å². The van der Waals surface area contributed by atoms with Crippen molar-refractivity contribution in [3.05, 3.63) is 56.5 Å². The number of benzene rings is 1. The van der Waals surface area contributed by atoms with Gasteiger partial charge >= 0.3 is 0 Å². The van der Waals surface area contributed by atoms with Crippen LogP contribution in [0, 0.1) is 13.8 Å². The van der Waals surface area contributed by atoms with Gasteiger partial charge in [-0.1, -0.05) is 0 Å². The van der Waals surface area contributed by atoms with Gasteiger partial charge in [-0.25, -0.2) is 8.78 Å². The number of hydrogen-bond donors (Lipinski definition) is 3. The smallest absolute Gasteiger partial charge is 0.253 e. The van der Waals surface area contributed by atoms with Crippen LogP contribution in [0.5, 0.6) is 5.75 Å². The summed E-state index contributed by atoms with van der Waals surface area (Å²) in [5.74, 6) is -2.40. The number of aliphatic hydroxyl groups is 1. The molecule has 0 unspecified atom stereocenters. The third-order valence-electron chi connectivity index (χ3n) is 7.69. The fourth-order valence-electron chi connectivity index (χ4n) is 5.30. The molecular formula is C28H37F2N3O4. The van der Waals surface area contributed by atoms with E-state index < -0.39 is 5.92 Å². The van der Waals surface area contributed by atoms with E-state index in [0.717, 1.165) is 30.5 Å². The van der Waals surface area contributed by atoms with Crippen molar-refractivity contribution < 1.29 is 23.4 Å². The average Bonchev–Trinajstić information content (AvgIpc) is 2.83. The Labute approximate surface area is 216 Å². The highest BCUT2D eigenvalue weighted by Gasteiger charge is 2.37. The van der Waals surface area contributed by atoms with Gasteiger partial charge in [-0.2, -0.15) is 0 Å². The number of H-pyrrole nitrogens is 1. The van der Waals surface area contributed by atoms with E-state index in [2.05, 4.69) is 15.2 Å². The molecule has 0 atom stereocenters. The van der Waals surface area contributed by atoms with E-state index in [1.54, 1.807) is 19.1 Å². The highest BCUT2D eigenvalue weighted by atomic mass is 19.3. The first-order valence-corrected chi connectivity index (χ1v) is 13.2. The number of amides is 1. The van der Waals surface area contributed by atoms with Crippen molar-refractivity contribution in [3.63, 3.8) is 0 Å². The largest absolute Gasteiger partial charge is 0.490 e. The molecule has 2 aliphatic carbocycles. The standard InChI is InChI=1S/C28H37F2N3O4/c1-4-33(20-8-10-28(29,30)11-9-20)25-14-22(37-21-6-5-7-21)13-23(18(25)3)26(35)31-15-24-19(16-34)12-17(2)32-27(24)36/h12-14,20-21,34H,4-11,15-16H2,1-3H3,(H,31,35)(H,32,36). The lowest BCUT2D eigenvalue weighted by Crippen LogP contribution is -2.41. The number of alkyl halides is 2. The molecule has 0 saturated heterocycles. The first-order valence-electron chi connectivity index (χ1n) is 13.2. The summed E-state index contributed by atoms with van der Waals surface area (Å²) >= 11 is 0. The van der Waals surface area contributed by atoms with E-state index in [4.69, 9.17) is 4.74 Å². The normalized spacial score (nSPS) is 17.8. The van der Waals surface area contributed by atoms with Crippen molar-refractivity contribution in [3.8, 4) is 5.75 Å². The molecule has 3 N–H and O–H groups in total. The van der Waals surface area contributed by atoms with Gasteiger partial charge in [-0.15, -0.1) is 0 Å². The summed E-state index contributed by atoms with van der Waals surface area (Å²) in [4.78, 5) is 30.7. The summed E-state index contributed by atoms with van der Waals surface area (Å²) in [5, 5.41) is 12.5. The Morgan fingerprint density at radius 3 is 2.49 bits per heavy atom. The fraction of sp³-hybridized carbons (Fsp3) is 0.571. The zero-order valence-corrected chi connectivity index (χ0v) is 21.8. The monoisotopic (exact) mass is 517 g/mol. The molecule has 0 aliphatic heterocycles. The maximum Gasteiger partial charge on any atom is 0.253 e. The molecule has 4 rings (SSSR count). The van der Waals surface area contributed by atoms with Crippen molar-refractivity contribution in [1.29, 1.82) is 0 Å². The van der Waals surface area contributed by atoms with Crippen LogP contribution in [0.15, 0.2) is 23.0 Å². The predicted octanol–water partition coefficient (Wildman–Crippen LogP) is 4.75. The zero-order chi connectivity index (χ0) is 26.7. The van der Waals surface area contributed by atoms with E-state index >= 15 is 0 Å². The van der Waals surface area contributed by atoms with Crippen molar-refractivity contribution in [2.24, 2.45) is 0 Å². The summed E-state index contributed by atoms with van der Waals surface area (Å²) in [5.41, 5.74) is 3.01. The number of nitrogens with one attached hydrogen (secondary N) is 2. The van der Waals surface area contributed by atoms with Crippen LogP contribution >= 0.6 is 0 Å². The van der Waals surface area contributed by atoms with Gasteiger partial charge in [-0.05, 0) is 76.1 Å². The first-order chi connectivity index (χ1) is 17.6. The number of pyridine rings is 1. The van der Waals surface area contributed by atoms with Crippen LogP contribution in [0.2, 0.25) is 0 Å². The predicted molar refractivity (Wildman–Crippen MR) is 139 cm³/mol. The van der Waals surface area contributed by atoms with Crippen LogP contribution in [0.4, 0.5) is 14.5 Å². The second kappa shape index (κ2) is 11.2. The molecule has 0 spiro atoms. The SMILES string of the molecule is CCN(c1cc(OC2CCC2)cc(C(=O)NCc2c(CO)cc(C)[nH]c2=O)c1C)C1CCC(F)(F)CC1. The van der Waals surface area contributed by atoms with E-state index in [1.807, 2.05) is 19.9 Å². The van der Waals surface area contributed by atoms with Crippen LogP contribution in [0.3, 0.4) is 0 Å². The number of hydrogen-bond acceptors (Lipinski definition) is 5. The number of anilines is 1. The third kappa shape index (κ3) is 6.14. The summed E-state index contributed by atoms with van der Waals surface area (Å²) in [6.07, 6.45) is 3.61. The maximum absolute atomic E-state index is 13.8. The zero-order valence-electron chi connectivity index (χ0n) is 21.8. The number of carbonyl (C=O) groups excluding carboxylic acids is 1. The molecule has 37 heavy (non-hydrogen) atoms. The molecule has 0 bridgehead atoms. The Morgan fingerprint density at radius 1 is 1.19 bits per heavy atom. The highest BCUT2D eigenvalue weighted by molar-refractivity contribution is 5.97. The van der Waals surface area contributed by atoms with Gasteiger partial charge in [-0.3, -0.25) is 9.59 Å². The van der Waals surface area contributed by atoms with Gasteiger partial charge < -0.3 is 25.0 Å². The molecule has 2 aliphatic rings. The molecule has 2 fully saturated rings. The van der Waals surface area contributed by atoms with Crippen LogP contribution < -0.4 is 20.5 Å². The van der Waals surface area contributed by atoms with Crippen LogP contribution in [0.25, 0.3) is 0 Å². The number of carbonyl (C=O) groups is 1. The quantitative estimate of drug-likeness (QED) is 0.446. The molecule has 202 valence electrons. The number of rotatable bonds is 9. The number of aliphatic hydroxyl groups excluding tert-OH is 1. The Hall–Kier alpha value is -2.94. The average molecular weight is 518 g/mol. The fourth-order valence-corrected chi connectivity index (χ4v) is 5.30. The number of nitrogens with zero attached hydrogens (tertiary/aromatic N) is 1. The van der Waals surface area contributed by atoms with Gasteiger partial charge in [0.25, 0.3) is 11.5 Å². The Morgan fingerprint density at radius 2 is 1.89 bits per heavy atom. The number of aromatic nitrogens is 1. The van der Waals surface area contributed by atoms with Gasteiger partial charge in [0.05, 0.1) is 12.7 Å². The second-order valence-corrected chi connectivity index (χ2v) is 10.3. The lowest BCUT2D eigenvalue weighted by Gasteiger charge is -2.39. The maximum atomic E-state index is 13.8. The van der Waals surface area contributed by atoms with E-state index in [1.165, 1.54) is 0 Å². The molecule has 1 aromatic heterocycles. The minimum atomic E-state index is -2.62. The first kappa shape index (κ1) is 27.1. The molecule has 9 heteroatoms. The van der Waals surface area contributed by atoms with E-state index in [9.17, 15) is 23.5 Å². The molecule has 2 saturated carbocycles. The van der Waals surface area contributed by atoms with E-state index in [-0.39, 0.29) is 49.6 Å². The number of ether oxygens (including phenoxy) is 1. The molecule has 1 aromatic carbocycles. The van der Waals surface area contributed by atoms with Crippen molar-refractivity contribution in [1.82, 2.24) is 10.3 Å². The van der Waals surface area contributed by atoms with Gasteiger partial charge in [0.1, 0.15) is 5.75 Å². The molecule has 7 nitrogen and oxygen atoms in total. The number of halogens is 2. The number of aryl methyl sites for hydroxylation is 1. The molecule has 1 heterocycles. The highest BCUT2D eigenvalue weighted by Crippen LogP contribution is 2.39. The van der Waals surface area contributed by atoms with Gasteiger partial charge in [0, 0.05) is 60.5 Å². The van der Waals surface area contributed by atoms with Crippen LogP contribution in [-0.2, 0) is 13.2 Å². The van der Waals surface area contributed by atoms with Gasteiger partial charge in [0.15, 0.2) is 0 Å². The van der Waals surface area contributed by atoms with Crippen LogP contribution in [0.1, 0.15) is 84.6 Å². The number of aromatic amines is 1. The molecule has 1 amide bonds. The summed E-state index contributed by atoms with van der Waals surface area (Å²) in [6.45, 7) is 5.84. The summed E-state index contributed by atoms with van der Waals surface area (Å²) < 4.78 is 33.9. The van der Waals surface area contributed by atoms with E-state index in [0.29, 0.717) is 47.5 Å². The summed E-state index contributed by atoms with van der Waals surface area (Å²) in [7, 11) is 0.